The van der Waals surface area contributed by atoms with Crippen LogP contribution >= 0.6 is 0 Å². The molecule has 8 N–H and O–H groups in total. The van der Waals surface area contributed by atoms with E-state index in [4.69, 9.17) is 19.7 Å². The first-order valence-electron chi connectivity index (χ1n) is 7.06. The molecule has 0 saturated carbocycles. The van der Waals surface area contributed by atoms with Crippen molar-refractivity contribution in [1.29, 1.82) is 0 Å². The van der Waals surface area contributed by atoms with Gasteiger partial charge in [-0.25, -0.2) is 9.59 Å². The lowest BCUT2D eigenvalue weighted by Gasteiger charge is -2.44. The molecule has 2 aliphatic heterocycles. The van der Waals surface area contributed by atoms with Gasteiger partial charge in [0.1, 0.15) is 36.6 Å². The number of carboxylic acid groups (broad SMARTS) is 2. The molecule has 2 aliphatic rings. The molecule has 0 amide bonds. The second-order valence-electron chi connectivity index (χ2n) is 5.60. The van der Waals surface area contributed by atoms with Crippen molar-refractivity contribution in [2.75, 3.05) is 0 Å². The smallest absolute Gasteiger partial charge is 0.335 e. The predicted molar refractivity (Wildman–Crippen MR) is 69.7 cm³/mol. The molecular formula is C12H18O13. The number of carboxylic acids is 2. The minimum atomic E-state index is -2.03. The van der Waals surface area contributed by atoms with Crippen LogP contribution in [-0.2, 0) is 23.8 Å². The van der Waals surface area contributed by atoms with Crippen molar-refractivity contribution in [3.63, 3.8) is 0 Å². The van der Waals surface area contributed by atoms with Gasteiger partial charge >= 0.3 is 11.9 Å². The number of aliphatic hydroxyl groups is 6. The first-order chi connectivity index (χ1) is 11.6. The quantitative estimate of drug-likeness (QED) is 0.232. The topological polar surface area (TPSA) is 224 Å². The van der Waals surface area contributed by atoms with Crippen molar-refractivity contribution in [3.05, 3.63) is 0 Å². The van der Waals surface area contributed by atoms with Crippen molar-refractivity contribution in [2.24, 2.45) is 0 Å². The Balaban J connectivity index is 2.22. The third-order valence-corrected chi connectivity index (χ3v) is 3.91. The van der Waals surface area contributed by atoms with Crippen molar-refractivity contribution in [3.8, 4) is 0 Å². The molecule has 13 nitrogen and oxygen atoms in total. The molecule has 2 rings (SSSR count). The maximum absolute atomic E-state index is 11.2. The van der Waals surface area contributed by atoms with Crippen LogP contribution in [0.5, 0.6) is 0 Å². The number of aliphatic hydroxyl groups excluding tert-OH is 6. The highest BCUT2D eigenvalue weighted by Crippen LogP contribution is 2.28. The molecule has 0 unspecified atom stereocenters. The zero-order valence-electron chi connectivity index (χ0n) is 12.4. The van der Waals surface area contributed by atoms with E-state index in [0.29, 0.717) is 0 Å². The van der Waals surface area contributed by atoms with Crippen LogP contribution in [0.15, 0.2) is 0 Å². The zero-order valence-corrected chi connectivity index (χ0v) is 12.4. The van der Waals surface area contributed by atoms with Crippen LogP contribution in [0, 0.1) is 0 Å². The molecule has 2 heterocycles. The first-order valence-corrected chi connectivity index (χ1v) is 7.06. The summed E-state index contributed by atoms with van der Waals surface area (Å²) in [6.45, 7) is 0. The molecule has 0 aromatic rings. The van der Waals surface area contributed by atoms with Gasteiger partial charge in [-0.2, -0.15) is 0 Å². The highest BCUT2D eigenvalue weighted by Gasteiger charge is 2.53. The average molecular weight is 370 g/mol. The van der Waals surface area contributed by atoms with Crippen LogP contribution in [0.1, 0.15) is 0 Å². The van der Waals surface area contributed by atoms with Gasteiger partial charge in [-0.15, -0.1) is 0 Å². The van der Waals surface area contributed by atoms with Crippen molar-refractivity contribution < 1.29 is 64.7 Å². The summed E-state index contributed by atoms with van der Waals surface area (Å²) in [5.74, 6) is -3.39. The van der Waals surface area contributed by atoms with Crippen LogP contribution < -0.4 is 0 Å². The molecule has 2 saturated heterocycles. The molecule has 0 aliphatic carbocycles. The van der Waals surface area contributed by atoms with E-state index in [1.165, 1.54) is 0 Å². The van der Waals surface area contributed by atoms with Gasteiger partial charge in [0.15, 0.2) is 24.8 Å². The summed E-state index contributed by atoms with van der Waals surface area (Å²) < 4.78 is 14.4. The first kappa shape index (κ1) is 19.9. The van der Waals surface area contributed by atoms with Gasteiger partial charge in [-0.1, -0.05) is 0 Å². The van der Waals surface area contributed by atoms with Crippen LogP contribution in [0.3, 0.4) is 0 Å². The van der Waals surface area contributed by atoms with Crippen LogP contribution in [-0.4, -0.2) is 114 Å². The molecule has 10 atom stereocenters. The third-order valence-electron chi connectivity index (χ3n) is 3.91. The van der Waals surface area contributed by atoms with Crippen LogP contribution in [0.25, 0.3) is 0 Å². The van der Waals surface area contributed by atoms with Crippen molar-refractivity contribution >= 4 is 11.9 Å². The summed E-state index contributed by atoms with van der Waals surface area (Å²) in [6, 6.07) is 0. The van der Waals surface area contributed by atoms with Gasteiger partial charge in [0.2, 0.25) is 0 Å². The summed E-state index contributed by atoms with van der Waals surface area (Å²) in [5, 5.41) is 75.9. The Kier molecular flexibility index (Phi) is 5.93. The molecule has 144 valence electrons. The number of hydrogen-bond acceptors (Lipinski definition) is 11. The molecule has 25 heavy (non-hydrogen) atoms. The monoisotopic (exact) mass is 370 g/mol. The summed E-state index contributed by atoms with van der Waals surface area (Å²) in [5.41, 5.74) is 0. The molecule has 0 spiro atoms. The van der Waals surface area contributed by atoms with E-state index in [1.807, 2.05) is 0 Å². The number of carbonyl (C=O) groups is 2. The van der Waals surface area contributed by atoms with E-state index in [-0.39, 0.29) is 0 Å². The van der Waals surface area contributed by atoms with E-state index in [1.54, 1.807) is 0 Å². The van der Waals surface area contributed by atoms with Gasteiger partial charge in [0.25, 0.3) is 0 Å². The van der Waals surface area contributed by atoms with E-state index < -0.39 is 73.4 Å². The maximum atomic E-state index is 11.2. The lowest BCUT2D eigenvalue weighted by molar-refractivity contribution is -0.346. The van der Waals surface area contributed by atoms with Gasteiger partial charge < -0.3 is 55.1 Å². The Morgan fingerprint density at radius 1 is 0.680 bits per heavy atom. The van der Waals surface area contributed by atoms with Gasteiger partial charge in [-0.05, 0) is 0 Å². The van der Waals surface area contributed by atoms with E-state index in [2.05, 4.69) is 4.74 Å². The molecule has 0 aromatic carbocycles. The number of ether oxygens (including phenoxy) is 3. The second kappa shape index (κ2) is 7.45. The predicted octanol–water partition coefficient (Wildman–Crippen LogP) is -5.21. The third kappa shape index (κ3) is 3.74. The Morgan fingerprint density at radius 2 is 1.24 bits per heavy atom. The summed E-state index contributed by atoms with van der Waals surface area (Å²) in [4.78, 5) is 22.2. The Labute approximate surface area is 139 Å². The Morgan fingerprint density at radius 3 is 1.76 bits per heavy atom. The number of rotatable bonds is 4. The molecule has 0 bridgehead atoms. The number of hydrogen-bond donors (Lipinski definition) is 8. The molecule has 0 aromatic heterocycles. The fourth-order valence-corrected chi connectivity index (χ4v) is 2.52. The minimum absolute atomic E-state index is 1.70. The largest absolute Gasteiger partial charge is 0.479 e. The van der Waals surface area contributed by atoms with Crippen molar-refractivity contribution in [2.45, 2.75) is 61.4 Å². The molecule has 2 fully saturated rings. The highest BCUT2D eigenvalue weighted by molar-refractivity contribution is 5.74. The number of aliphatic carboxylic acids is 2. The SMILES string of the molecule is O=C(O)[C@H]1O[C@H](O[C@H]2[C@H](O)[C@@H](O)[C@@H](O)O[C@@H]2C(=O)O)[C@H](O)[C@@H](O)[C@@H]1O. The van der Waals surface area contributed by atoms with E-state index in [9.17, 15) is 40.2 Å². The van der Waals surface area contributed by atoms with E-state index in [0.717, 1.165) is 0 Å². The fraction of sp³-hybridized carbons (Fsp3) is 0.833. The molecule has 0 radical (unpaired) electrons. The summed E-state index contributed by atoms with van der Waals surface area (Å²) >= 11 is 0. The standard InChI is InChI=1S/C12H18O13/c13-1-2(14)7(9(18)19)25-12(5(1)17)24-6-3(15)4(16)11(22)23-8(6)10(20)21/h1-8,11-17,22H,(H,18,19)(H,20,21)/t1-,2-,3+,4+,5+,6-,7-,8-,11-,12-/m0/s1. The molecule has 13 heteroatoms. The summed E-state index contributed by atoms with van der Waals surface area (Å²) in [7, 11) is 0. The Hall–Kier alpha value is -1.42. The average Bonchev–Trinajstić information content (AvgIpc) is 2.54. The highest BCUT2D eigenvalue weighted by atomic mass is 16.7. The van der Waals surface area contributed by atoms with Crippen LogP contribution in [0.2, 0.25) is 0 Å². The lowest BCUT2D eigenvalue weighted by atomic mass is 9.96. The fourth-order valence-electron chi connectivity index (χ4n) is 2.52. The zero-order chi connectivity index (χ0) is 19.0. The van der Waals surface area contributed by atoms with E-state index >= 15 is 0 Å². The van der Waals surface area contributed by atoms with Crippen LogP contribution in [0.4, 0.5) is 0 Å². The second-order valence-corrected chi connectivity index (χ2v) is 5.60. The normalized spacial score (nSPS) is 48.1. The van der Waals surface area contributed by atoms with Gasteiger partial charge in [0.05, 0.1) is 0 Å². The Bertz CT molecular complexity index is 511. The van der Waals surface area contributed by atoms with Crippen molar-refractivity contribution in [1.82, 2.24) is 0 Å². The molecular weight excluding hydrogens is 352 g/mol. The lowest BCUT2D eigenvalue weighted by Crippen LogP contribution is -2.65. The maximum Gasteiger partial charge on any atom is 0.335 e. The van der Waals surface area contributed by atoms with Gasteiger partial charge in [-0.3, -0.25) is 0 Å². The van der Waals surface area contributed by atoms with Gasteiger partial charge in [0, 0.05) is 0 Å². The summed E-state index contributed by atoms with van der Waals surface area (Å²) in [6.07, 6.45) is -19.9. The minimum Gasteiger partial charge on any atom is -0.479 e.